The quantitative estimate of drug-likeness (QED) is 0.582. The van der Waals surface area contributed by atoms with E-state index in [0.717, 1.165) is 12.2 Å². The van der Waals surface area contributed by atoms with Gasteiger partial charge in [-0.05, 0) is 48.5 Å². The predicted octanol–water partition coefficient (Wildman–Crippen LogP) is 3.01. The Morgan fingerprint density at radius 2 is 1.63 bits per heavy atom. The fraction of sp³-hybridized carbons (Fsp3) is 0.280. The Morgan fingerprint density at radius 3 is 2.34 bits per heavy atom. The average Bonchev–Trinajstić information content (AvgIpc) is 3.14. The Bertz CT molecular complexity index is 1290. The molecule has 3 heterocycles. The lowest BCUT2D eigenvalue weighted by molar-refractivity contribution is 0.0746. The molecule has 0 bridgehead atoms. The molecule has 0 aliphatic carbocycles. The summed E-state index contributed by atoms with van der Waals surface area (Å²) in [6.45, 7) is 3.59. The van der Waals surface area contributed by atoms with Crippen LogP contribution in [0.3, 0.4) is 0 Å². The van der Waals surface area contributed by atoms with Crippen molar-refractivity contribution < 1.29 is 22.7 Å². The van der Waals surface area contributed by atoms with Crippen molar-refractivity contribution >= 4 is 27.4 Å². The molecule has 182 valence electrons. The van der Waals surface area contributed by atoms with Crippen molar-refractivity contribution in [1.29, 1.82) is 0 Å². The molecular weight excluding hydrogens is 468 g/mol. The average molecular weight is 495 g/mol. The maximum Gasteiger partial charge on any atom is 0.262 e. The molecule has 9 nitrogen and oxygen atoms in total. The maximum absolute atomic E-state index is 13.0. The summed E-state index contributed by atoms with van der Waals surface area (Å²) in [6.07, 6.45) is 2.50. The number of nitrogens with zero attached hydrogens (tertiary/aromatic N) is 3. The summed E-state index contributed by atoms with van der Waals surface area (Å²) >= 11 is 0. The normalized spacial score (nSPS) is 15.9. The van der Waals surface area contributed by atoms with E-state index in [1.165, 1.54) is 12.1 Å². The number of rotatable bonds is 5. The molecular formula is C25H26N4O5S. The number of carbonyl (C=O) groups excluding carboxylic acids is 1. The summed E-state index contributed by atoms with van der Waals surface area (Å²) in [6, 6.07) is 16.8. The zero-order valence-corrected chi connectivity index (χ0v) is 19.9. The number of benzene rings is 2. The number of hydrogen-bond donors (Lipinski definition) is 1. The van der Waals surface area contributed by atoms with Gasteiger partial charge in [0.2, 0.25) is 0 Å². The lowest BCUT2D eigenvalue weighted by Crippen LogP contribution is -2.49. The highest BCUT2D eigenvalue weighted by atomic mass is 32.2. The number of piperazine rings is 1. The molecule has 0 saturated carbocycles. The molecule has 1 amide bonds. The Balaban J connectivity index is 1.22. The van der Waals surface area contributed by atoms with E-state index in [9.17, 15) is 13.2 Å². The topological polar surface area (TPSA) is 101 Å². The van der Waals surface area contributed by atoms with E-state index in [1.54, 1.807) is 41.4 Å². The van der Waals surface area contributed by atoms with Crippen LogP contribution in [0.15, 0.2) is 71.8 Å². The van der Waals surface area contributed by atoms with Crippen LogP contribution in [-0.2, 0) is 10.0 Å². The first-order valence-corrected chi connectivity index (χ1v) is 13.0. The molecule has 2 aliphatic heterocycles. The second-order valence-electron chi connectivity index (χ2n) is 8.31. The van der Waals surface area contributed by atoms with E-state index in [0.29, 0.717) is 62.1 Å². The third-order valence-corrected chi connectivity index (χ3v) is 7.33. The number of sulfonamides is 1. The zero-order valence-electron chi connectivity index (χ0n) is 19.1. The van der Waals surface area contributed by atoms with E-state index in [4.69, 9.17) is 9.47 Å². The van der Waals surface area contributed by atoms with Crippen molar-refractivity contribution in [3.8, 4) is 11.5 Å². The minimum Gasteiger partial charge on any atom is -0.490 e. The second kappa shape index (κ2) is 9.83. The molecule has 1 fully saturated rings. The minimum atomic E-state index is -3.84. The molecule has 3 aromatic rings. The minimum absolute atomic E-state index is 0.0766. The first kappa shape index (κ1) is 23.0. The highest BCUT2D eigenvalue weighted by Crippen LogP contribution is 2.32. The van der Waals surface area contributed by atoms with Crippen molar-refractivity contribution in [1.82, 2.24) is 9.88 Å². The van der Waals surface area contributed by atoms with Crippen molar-refractivity contribution in [3.05, 3.63) is 72.4 Å². The van der Waals surface area contributed by atoms with Crippen LogP contribution in [0.5, 0.6) is 11.5 Å². The number of ether oxygens (including phenoxy) is 2. The van der Waals surface area contributed by atoms with Crippen LogP contribution in [0.4, 0.5) is 11.5 Å². The van der Waals surface area contributed by atoms with Gasteiger partial charge in [-0.1, -0.05) is 6.07 Å². The molecule has 35 heavy (non-hydrogen) atoms. The summed E-state index contributed by atoms with van der Waals surface area (Å²) in [5.74, 6) is 1.77. The number of nitrogens with one attached hydrogen (secondary N) is 1. The van der Waals surface area contributed by atoms with Gasteiger partial charge in [0.1, 0.15) is 5.82 Å². The monoisotopic (exact) mass is 494 g/mol. The van der Waals surface area contributed by atoms with Gasteiger partial charge in [0.15, 0.2) is 11.5 Å². The van der Waals surface area contributed by atoms with Gasteiger partial charge in [0.05, 0.1) is 18.1 Å². The highest BCUT2D eigenvalue weighted by Gasteiger charge is 2.23. The largest absolute Gasteiger partial charge is 0.490 e. The SMILES string of the molecule is O=C(c1ccc(NS(=O)(=O)c2ccc3c(c2)OCCCO3)cc1)N1CCN(c2ccccn2)CC1. The molecule has 0 spiro atoms. The van der Waals surface area contributed by atoms with Crippen LogP contribution in [0, 0.1) is 0 Å². The first-order chi connectivity index (χ1) is 17.0. The van der Waals surface area contributed by atoms with E-state index in [2.05, 4.69) is 14.6 Å². The maximum atomic E-state index is 13.0. The van der Waals surface area contributed by atoms with Crippen LogP contribution >= 0.6 is 0 Å². The summed E-state index contributed by atoms with van der Waals surface area (Å²) < 4.78 is 39.5. The molecule has 2 aliphatic rings. The number of anilines is 2. The Morgan fingerprint density at radius 1 is 0.886 bits per heavy atom. The predicted molar refractivity (Wildman–Crippen MR) is 132 cm³/mol. The van der Waals surface area contributed by atoms with Crippen LogP contribution in [0.25, 0.3) is 0 Å². The van der Waals surface area contributed by atoms with Gasteiger partial charge in [0, 0.05) is 56.1 Å². The molecule has 1 N–H and O–H groups in total. The molecule has 0 unspecified atom stereocenters. The fourth-order valence-electron chi connectivity index (χ4n) is 4.07. The third-order valence-electron chi connectivity index (χ3n) is 5.95. The van der Waals surface area contributed by atoms with Crippen molar-refractivity contribution in [2.24, 2.45) is 0 Å². The van der Waals surface area contributed by atoms with E-state index >= 15 is 0 Å². The molecule has 0 atom stereocenters. The Hall–Kier alpha value is -3.79. The Kier molecular flexibility index (Phi) is 6.45. The highest BCUT2D eigenvalue weighted by molar-refractivity contribution is 7.92. The summed E-state index contributed by atoms with van der Waals surface area (Å²) in [4.78, 5) is 21.4. The first-order valence-electron chi connectivity index (χ1n) is 11.5. The summed E-state index contributed by atoms with van der Waals surface area (Å²) in [5.41, 5.74) is 0.878. The van der Waals surface area contributed by atoms with Gasteiger partial charge in [-0.2, -0.15) is 0 Å². The second-order valence-corrected chi connectivity index (χ2v) is 9.99. The van der Waals surface area contributed by atoms with Crippen molar-refractivity contribution in [3.63, 3.8) is 0 Å². The summed E-state index contributed by atoms with van der Waals surface area (Å²) in [5, 5.41) is 0. The van der Waals surface area contributed by atoms with Crippen LogP contribution in [0.2, 0.25) is 0 Å². The van der Waals surface area contributed by atoms with Crippen LogP contribution in [0.1, 0.15) is 16.8 Å². The fourth-order valence-corrected chi connectivity index (χ4v) is 5.14. The van der Waals surface area contributed by atoms with E-state index in [-0.39, 0.29) is 10.8 Å². The number of hydrogen-bond acceptors (Lipinski definition) is 7. The van der Waals surface area contributed by atoms with Gasteiger partial charge in [-0.15, -0.1) is 0 Å². The zero-order chi connectivity index (χ0) is 24.3. The number of carbonyl (C=O) groups is 1. The standard InChI is InChI=1S/C25H26N4O5S/c30-25(29-14-12-28(13-15-29)24-4-1-2-11-26-24)19-5-7-20(8-6-19)27-35(31,32)21-9-10-22-23(18-21)34-17-3-16-33-22/h1-2,4-11,18,27H,3,12-17H2. The van der Waals surface area contributed by atoms with E-state index < -0.39 is 10.0 Å². The molecule has 5 rings (SSSR count). The van der Waals surface area contributed by atoms with Crippen LogP contribution in [-0.4, -0.2) is 63.6 Å². The molecule has 0 radical (unpaired) electrons. The molecule has 2 aromatic carbocycles. The molecule has 1 saturated heterocycles. The van der Waals surface area contributed by atoms with Gasteiger partial charge in [-0.3, -0.25) is 9.52 Å². The van der Waals surface area contributed by atoms with Gasteiger partial charge in [0.25, 0.3) is 15.9 Å². The van der Waals surface area contributed by atoms with E-state index in [1.807, 2.05) is 18.2 Å². The number of pyridine rings is 1. The smallest absolute Gasteiger partial charge is 0.262 e. The number of fused-ring (bicyclic) bond motifs is 1. The Labute approximate surface area is 204 Å². The lowest BCUT2D eigenvalue weighted by atomic mass is 10.1. The molecule has 1 aromatic heterocycles. The number of aromatic nitrogens is 1. The van der Waals surface area contributed by atoms with Crippen molar-refractivity contribution in [2.75, 3.05) is 49.0 Å². The van der Waals surface area contributed by atoms with Gasteiger partial charge >= 0.3 is 0 Å². The molecule has 10 heteroatoms. The van der Waals surface area contributed by atoms with Crippen LogP contribution < -0.4 is 19.1 Å². The lowest BCUT2D eigenvalue weighted by Gasteiger charge is -2.35. The van der Waals surface area contributed by atoms with Gasteiger partial charge in [-0.25, -0.2) is 13.4 Å². The van der Waals surface area contributed by atoms with Gasteiger partial charge < -0.3 is 19.3 Å². The number of amides is 1. The summed E-state index contributed by atoms with van der Waals surface area (Å²) in [7, 11) is -3.84. The third kappa shape index (κ3) is 5.17. The van der Waals surface area contributed by atoms with Crippen molar-refractivity contribution in [2.45, 2.75) is 11.3 Å².